The Morgan fingerprint density at radius 2 is 1.52 bits per heavy atom. The Hall–Kier alpha value is -3.14. The number of furan rings is 1. The lowest BCUT2D eigenvalue weighted by molar-refractivity contribution is -0.116. The molecule has 4 rings (SSSR count). The van der Waals surface area contributed by atoms with Crippen LogP contribution < -0.4 is 4.31 Å². The van der Waals surface area contributed by atoms with Gasteiger partial charge in [-0.3, -0.25) is 14.4 Å². The van der Waals surface area contributed by atoms with Gasteiger partial charge in [-0.25, -0.2) is 12.7 Å². The van der Waals surface area contributed by atoms with Crippen molar-refractivity contribution in [2.45, 2.75) is 6.42 Å². The second-order valence-corrected chi connectivity index (χ2v) is 8.77. The van der Waals surface area contributed by atoms with Crippen LogP contribution in [0, 0.1) is 0 Å². The molecule has 2 aromatic rings. The maximum atomic E-state index is 12.7. The van der Waals surface area contributed by atoms with Crippen LogP contribution in [0.3, 0.4) is 0 Å². The number of rotatable bonds is 3. The second-order valence-electron chi connectivity index (χ2n) is 6.83. The molecule has 9 nitrogen and oxygen atoms in total. The van der Waals surface area contributed by atoms with Gasteiger partial charge in [0.15, 0.2) is 5.76 Å². The fraction of sp³-hybridized carbons (Fsp3) is 0.316. The third-order valence-corrected chi connectivity index (χ3v) is 6.70. The van der Waals surface area contributed by atoms with Gasteiger partial charge in [-0.15, -0.1) is 0 Å². The molecule has 0 unspecified atom stereocenters. The number of carbonyl (C=O) groups excluding carboxylic acids is 3. The summed E-state index contributed by atoms with van der Waals surface area (Å²) in [5, 5.41) is 0. The molecule has 0 aliphatic carbocycles. The summed E-state index contributed by atoms with van der Waals surface area (Å²) in [4.78, 5) is 40.2. The summed E-state index contributed by atoms with van der Waals surface area (Å²) in [5.41, 5.74) is 0.626. The van der Waals surface area contributed by atoms with Crippen LogP contribution in [-0.4, -0.2) is 67.9 Å². The number of piperazine rings is 1. The maximum absolute atomic E-state index is 12.7. The number of hydrogen-bond donors (Lipinski definition) is 0. The van der Waals surface area contributed by atoms with E-state index in [0.717, 1.165) is 4.31 Å². The van der Waals surface area contributed by atoms with E-state index in [2.05, 4.69) is 0 Å². The first-order valence-corrected chi connectivity index (χ1v) is 10.8. The lowest BCUT2D eigenvalue weighted by Crippen LogP contribution is -2.50. The molecule has 1 aromatic heterocycles. The van der Waals surface area contributed by atoms with Crippen LogP contribution in [0.25, 0.3) is 0 Å². The fourth-order valence-electron chi connectivity index (χ4n) is 3.46. The highest BCUT2D eigenvalue weighted by molar-refractivity contribution is 7.94. The number of benzene rings is 1. The zero-order valence-corrected chi connectivity index (χ0v) is 16.3. The van der Waals surface area contributed by atoms with Gasteiger partial charge >= 0.3 is 0 Å². The topological polar surface area (TPSA) is 108 Å². The summed E-state index contributed by atoms with van der Waals surface area (Å²) in [7, 11) is -3.63. The SMILES string of the molecule is O=C(c1ccc(N2C(=O)CCS2(=O)=O)cc1)N1CCN(C(=O)c2ccco2)CC1. The van der Waals surface area contributed by atoms with Crippen molar-refractivity contribution in [3.63, 3.8) is 0 Å². The molecule has 2 saturated heterocycles. The molecule has 2 aliphatic rings. The molecular weight excluding hydrogens is 398 g/mol. The second kappa shape index (κ2) is 7.36. The molecule has 0 spiro atoms. The van der Waals surface area contributed by atoms with Crippen LogP contribution in [0.15, 0.2) is 47.1 Å². The van der Waals surface area contributed by atoms with Gasteiger partial charge in [-0.1, -0.05) is 0 Å². The Labute approximate surface area is 167 Å². The van der Waals surface area contributed by atoms with Gasteiger partial charge in [0.05, 0.1) is 17.7 Å². The number of sulfonamides is 1. The fourth-order valence-corrected chi connectivity index (χ4v) is 4.92. The summed E-state index contributed by atoms with van der Waals surface area (Å²) in [6, 6.07) is 9.21. The van der Waals surface area contributed by atoms with Gasteiger partial charge in [-0.05, 0) is 36.4 Å². The van der Waals surface area contributed by atoms with Crippen molar-refractivity contribution in [1.82, 2.24) is 9.80 Å². The molecule has 0 atom stereocenters. The summed E-state index contributed by atoms with van der Waals surface area (Å²) in [5.74, 6) is -0.818. The van der Waals surface area contributed by atoms with Crippen molar-refractivity contribution in [3.8, 4) is 0 Å². The largest absolute Gasteiger partial charge is 0.459 e. The number of amides is 3. The molecule has 10 heteroatoms. The van der Waals surface area contributed by atoms with Crippen LogP contribution in [0.4, 0.5) is 5.69 Å². The number of carbonyl (C=O) groups is 3. The summed E-state index contributed by atoms with van der Waals surface area (Å²) in [6.45, 7) is 1.55. The molecular formula is C19H19N3O6S. The molecule has 2 aliphatic heterocycles. The zero-order valence-electron chi connectivity index (χ0n) is 15.5. The normalized spacial score (nSPS) is 18.9. The molecule has 1 aromatic carbocycles. The van der Waals surface area contributed by atoms with E-state index in [0.29, 0.717) is 31.7 Å². The van der Waals surface area contributed by atoms with E-state index in [9.17, 15) is 22.8 Å². The Morgan fingerprint density at radius 1 is 0.897 bits per heavy atom. The summed E-state index contributed by atoms with van der Waals surface area (Å²) in [6.07, 6.45) is 1.40. The lowest BCUT2D eigenvalue weighted by Gasteiger charge is -2.34. The molecule has 3 heterocycles. The quantitative estimate of drug-likeness (QED) is 0.736. The third-order valence-electron chi connectivity index (χ3n) is 5.01. The first-order valence-electron chi connectivity index (χ1n) is 9.15. The zero-order chi connectivity index (χ0) is 20.6. The van der Waals surface area contributed by atoms with E-state index < -0.39 is 15.9 Å². The summed E-state index contributed by atoms with van der Waals surface area (Å²) >= 11 is 0. The first-order chi connectivity index (χ1) is 13.9. The van der Waals surface area contributed by atoms with Gasteiger partial charge in [-0.2, -0.15) is 0 Å². The molecule has 3 amide bonds. The predicted octanol–water partition coefficient (Wildman–Crippen LogP) is 0.944. The van der Waals surface area contributed by atoms with Crippen molar-refractivity contribution >= 4 is 33.4 Å². The van der Waals surface area contributed by atoms with E-state index >= 15 is 0 Å². The number of hydrogen-bond acceptors (Lipinski definition) is 6. The Balaban J connectivity index is 1.40. The minimum absolute atomic E-state index is 0.0377. The highest BCUT2D eigenvalue weighted by atomic mass is 32.2. The molecule has 2 fully saturated rings. The average Bonchev–Trinajstić information content (AvgIpc) is 3.35. The van der Waals surface area contributed by atoms with Crippen LogP contribution in [0.1, 0.15) is 27.3 Å². The van der Waals surface area contributed by atoms with Crippen molar-refractivity contribution < 1.29 is 27.2 Å². The van der Waals surface area contributed by atoms with Gasteiger partial charge in [0.25, 0.3) is 11.8 Å². The van der Waals surface area contributed by atoms with Crippen molar-refractivity contribution in [2.75, 3.05) is 36.2 Å². The monoisotopic (exact) mass is 417 g/mol. The minimum atomic E-state index is -3.63. The Kier molecular flexibility index (Phi) is 4.87. The van der Waals surface area contributed by atoms with Crippen molar-refractivity contribution in [2.24, 2.45) is 0 Å². The van der Waals surface area contributed by atoms with Crippen LogP contribution in [0.2, 0.25) is 0 Å². The smallest absolute Gasteiger partial charge is 0.289 e. The van der Waals surface area contributed by atoms with E-state index in [1.807, 2.05) is 0 Å². The molecule has 0 radical (unpaired) electrons. The van der Waals surface area contributed by atoms with Crippen molar-refractivity contribution in [1.29, 1.82) is 0 Å². The third kappa shape index (κ3) is 3.63. The number of nitrogens with zero attached hydrogens (tertiary/aromatic N) is 3. The average molecular weight is 417 g/mol. The summed E-state index contributed by atoms with van der Waals surface area (Å²) < 4.78 is 29.9. The van der Waals surface area contributed by atoms with E-state index in [1.54, 1.807) is 21.9 Å². The molecule has 0 saturated carbocycles. The molecule has 0 bridgehead atoms. The van der Waals surface area contributed by atoms with Gasteiger partial charge < -0.3 is 14.2 Å². The predicted molar refractivity (Wildman–Crippen MR) is 103 cm³/mol. The molecule has 29 heavy (non-hydrogen) atoms. The first kappa shape index (κ1) is 19.2. The van der Waals surface area contributed by atoms with E-state index in [1.165, 1.54) is 30.5 Å². The highest BCUT2D eigenvalue weighted by Crippen LogP contribution is 2.25. The van der Waals surface area contributed by atoms with Crippen molar-refractivity contribution in [3.05, 3.63) is 54.0 Å². The highest BCUT2D eigenvalue weighted by Gasteiger charge is 2.36. The number of anilines is 1. The lowest BCUT2D eigenvalue weighted by atomic mass is 10.1. The van der Waals surface area contributed by atoms with Crippen LogP contribution in [-0.2, 0) is 14.8 Å². The standard InChI is InChI=1S/C19H19N3O6S/c23-17-7-13-29(26,27)22(17)15-5-3-14(4-6-15)18(24)20-8-10-21(11-9-20)19(25)16-2-1-12-28-16/h1-6,12H,7-11,13H2. The Morgan fingerprint density at radius 3 is 2.03 bits per heavy atom. The maximum Gasteiger partial charge on any atom is 0.289 e. The van der Waals surface area contributed by atoms with E-state index in [4.69, 9.17) is 4.42 Å². The van der Waals surface area contributed by atoms with Gasteiger partial charge in [0.1, 0.15) is 0 Å². The van der Waals surface area contributed by atoms with Gasteiger partial charge in [0, 0.05) is 38.2 Å². The van der Waals surface area contributed by atoms with Gasteiger partial charge in [0.2, 0.25) is 15.9 Å². The molecule has 0 N–H and O–H groups in total. The molecule has 152 valence electrons. The van der Waals surface area contributed by atoms with Crippen LogP contribution >= 0.6 is 0 Å². The van der Waals surface area contributed by atoms with Crippen LogP contribution in [0.5, 0.6) is 0 Å². The van der Waals surface area contributed by atoms with E-state index in [-0.39, 0.29) is 35.4 Å². The minimum Gasteiger partial charge on any atom is -0.459 e. The Bertz CT molecular complexity index is 1040.